The van der Waals surface area contributed by atoms with Gasteiger partial charge in [-0.3, -0.25) is 4.79 Å². The Balaban J connectivity index is 2.28. The largest absolute Gasteiger partial charge is 0.479 e. The summed E-state index contributed by atoms with van der Waals surface area (Å²) < 4.78 is 7.01. The minimum absolute atomic E-state index is 0.00923. The van der Waals surface area contributed by atoms with Gasteiger partial charge in [-0.1, -0.05) is 23.6 Å². The van der Waals surface area contributed by atoms with Crippen LogP contribution in [0.15, 0.2) is 40.4 Å². The number of aryl methyl sites for hydroxylation is 2. The van der Waals surface area contributed by atoms with Crippen molar-refractivity contribution >= 4 is 56.2 Å². The van der Waals surface area contributed by atoms with Crippen LogP contribution in [0.2, 0.25) is 0 Å². The van der Waals surface area contributed by atoms with Gasteiger partial charge in [0.1, 0.15) is 24.0 Å². The lowest BCUT2D eigenvalue weighted by Crippen LogP contribution is -2.14. The molecule has 2 rings (SSSR count). The van der Waals surface area contributed by atoms with Crippen LogP contribution in [0.1, 0.15) is 16.7 Å². The van der Waals surface area contributed by atoms with Crippen LogP contribution in [0.25, 0.3) is 6.08 Å². The van der Waals surface area contributed by atoms with E-state index in [1.807, 2.05) is 44.2 Å². The summed E-state index contributed by atoms with van der Waals surface area (Å²) in [4.78, 5) is 12.5. The first-order valence-electron chi connectivity index (χ1n) is 7.91. The molecule has 0 saturated heterocycles. The molecule has 0 radical (unpaired) electrons. The van der Waals surface area contributed by atoms with Crippen molar-refractivity contribution in [3.05, 3.63) is 60.6 Å². The van der Waals surface area contributed by atoms with Gasteiger partial charge in [-0.15, -0.1) is 6.42 Å². The molecule has 0 atom stereocenters. The molecule has 136 valence electrons. The number of rotatable bonds is 5. The van der Waals surface area contributed by atoms with Crippen LogP contribution in [0.3, 0.4) is 0 Å². The van der Waals surface area contributed by atoms with Gasteiger partial charge in [0.25, 0.3) is 5.91 Å². The topological polar surface area (TPSA) is 62.1 Å². The minimum atomic E-state index is -0.455. The van der Waals surface area contributed by atoms with E-state index in [-0.39, 0.29) is 12.2 Å². The predicted molar refractivity (Wildman–Crippen MR) is 119 cm³/mol. The molecule has 2 aromatic carbocycles. The lowest BCUT2D eigenvalue weighted by atomic mass is 10.1. The zero-order valence-electron chi connectivity index (χ0n) is 14.8. The van der Waals surface area contributed by atoms with Crippen molar-refractivity contribution in [1.29, 1.82) is 5.26 Å². The average Bonchev–Trinajstić information content (AvgIpc) is 2.61. The Labute approximate surface area is 180 Å². The molecule has 1 amide bonds. The third-order valence-corrected chi connectivity index (χ3v) is 5.02. The highest BCUT2D eigenvalue weighted by atomic mass is 127. The molecule has 0 fully saturated rings. The standard InChI is InChI=1S/C21H16BrIN2O2/c1-4-7-27-20-17(22)10-15(11-18(20)23)9-16(12-24)21(26)25-19-6-5-13(2)8-14(19)3/h1,5-6,8-11H,7H2,2-3H3,(H,25,26)/b16-9+. The van der Waals surface area contributed by atoms with E-state index in [9.17, 15) is 10.1 Å². The highest BCUT2D eigenvalue weighted by Crippen LogP contribution is 2.32. The first-order chi connectivity index (χ1) is 12.8. The quantitative estimate of drug-likeness (QED) is 0.247. The van der Waals surface area contributed by atoms with E-state index >= 15 is 0 Å². The van der Waals surface area contributed by atoms with Crippen molar-refractivity contribution in [2.45, 2.75) is 13.8 Å². The smallest absolute Gasteiger partial charge is 0.266 e. The van der Waals surface area contributed by atoms with Gasteiger partial charge in [0.15, 0.2) is 0 Å². The summed E-state index contributed by atoms with van der Waals surface area (Å²) in [5.41, 5.74) is 3.43. The lowest BCUT2D eigenvalue weighted by Gasteiger charge is -2.10. The number of carbonyl (C=O) groups excluding carboxylic acids is 1. The molecular formula is C21H16BrIN2O2. The maximum Gasteiger partial charge on any atom is 0.266 e. The number of nitriles is 1. The first-order valence-corrected chi connectivity index (χ1v) is 9.78. The number of hydrogen-bond donors (Lipinski definition) is 1. The Morgan fingerprint density at radius 1 is 1.37 bits per heavy atom. The predicted octanol–water partition coefficient (Wildman–Crippen LogP) is 5.23. The van der Waals surface area contributed by atoms with Gasteiger partial charge < -0.3 is 10.1 Å². The fourth-order valence-corrected chi connectivity index (χ4v) is 4.14. The molecule has 0 aliphatic rings. The Hall–Kier alpha value is -2.29. The number of nitrogens with one attached hydrogen (secondary N) is 1. The first kappa shape index (κ1) is 21.0. The Morgan fingerprint density at radius 2 is 2.11 bits per heavy atom. The molecule has 0 heterocycles. The SMILES string of the molecule is C#CCOc1c(Br)cc(/C=C(\C#N)C(=O)Nc2ccc(C)cc2C)cc1I. The van der Waals surface area contributed by atoms with E-state index < -0.39 is 5.91 Å². The van der Waals surface area contributed by atoms with Gasteiger partial charge in [-0.05, 0) is 87.8 Å². The number of hydrogen-bond acceptors (Lipinski definition) is 3. The second kappa shape index (κ2) is 9.59. The van der Waals surface area contributed by atoms with Crippen LogP contribution < -0.4 is 10.1 Å². The van der Waals surface area contributed by atoms with Crippen molar-refractivity contribution < 1.29 is 9.53 Å². The molecule has 0 saturated carbocycles. The number of ether oxygens (including phenoxy) is 1. The fraction of sp³-hybridized carbons (Fsp3) is 0.143. The van der Waals surface area contributed by atoms with Gasteiger partial charge in [0.05, 0.1) is 8.04 Å². The highest BCUT2D eigenvalue weighted by molar-refractivity contribution is 14.1. The monoisotopic (exact) mass is 534 g/mol. The van der Waals surface area contributed by atoms with Crippen LogP contribution in [-0.2, 0) is 4.79 Å². The molecule has 6 heteroatoms. The summed E-state index contributed by atoms with van der Waals surface area (Å²) in [6.07, 6.45) is 6.76. The third-order valence-electron chi connectivity index (χ3n) is 3.63. The second-order valence-corrected chi connectivity index (χ2v) is 7.77. The van der Waals surface area contributed by atoms with Crippen LogP contribution >= 0.6 is 38.5 Å². The molecule has 1 N–H and O–H groups in total. The summed E-state index contributed by atoms with van der Waals surface area (Å²) in [6.45, 7) is 4.05. The van der Waals surface area contributed by atoms with Gasteiger partial charge in [-0.25, -0.2) is 0 Å². The maximum atomic E-state index is 12.5. The number of terminal acetylenes is 1. The molecule has 0 spiro atoms. The van der Waals surface area contributed by atoms with E-state index in [1.165, 1.54) is 6.08 Å². The number of anilines is 1. The highest BCUT2D eigenvalue weighted by Gasteiger charge is 2.13. The summed E-state index contributed by atoms with van der Waals surface area (Å²) in [5.74, 6) is 2.59. The molecule has 27 heavy (non-hydrogen) atoms. The molecular weight excluding hydrogens is 519 g/mol. The molecule has 0 aromatic heterocycles. The molecule has 2 aromatic rings. The number of nitrogens with zero attached hydrogens (tertiary/aromatic N) is 1. The van der Waals surface area contributed by atoms with E-state index in [1.54, 1.807) is 6.07 Å². The molecule has 0 bridgehead atoms. The van der Waals surface area contributed by atoms with Crippen LogP contribution in [0, 0.1) is 41.1 Å². The van der Waals surface area contributed by atoms with Crippen LogP contribution in [0.5, 0.6) is 5.75 Å². The number of carbonyl (C=O) groups is 1. The lowest BCUT2D eigenvalue weighted by molar-refractivity contribution is -0.112. The molecule has 4 nitrogen and oxygen atoms in total. The fourth-order valence-electron chi connectivity index (χ4n) is 2.37. The van der Waals surface area contributed by atoms with E-state index in [4.69, 9.17) is 11.2 Å². The zero-order chi connectivity index (χ0) is 20.0. The van der Waals surface area contributed by atoms with Crippen LogP contribution in [0.4, 0.5) is 5.69 Å². The number of halogens is 2. The second-order valence-electron chi connectivity index (χ2n) is 5.75. The summed E-state index contributed by atoms with van der Waals surface area (Å²) in [7, 11) is 0. The van der Waals surface area contributed by atoms with Crippen LogP contribution in [-0.4, -0.2) is 12.5 Å². The van der Waals surface area contributed by atoms with Crippen molar-refractivity contribution in [3.8, 4) is 24.2 Å². The van der Waals surface area contributed by atoms with Crippen molar-refractivity contribution in [3.63, 3.8) is 0 Å². The third kappa shape index (κ3) is 5.59. The van der Waals surface area contributed by atoms with Crippen molar-refractivity contribution in [1.82, 2.24) is 0 Å². The van der Waals surface area contributed by atoms with E-state index in [2.05, 4.69) is 49.8 Å². The summed E-state index contributed by atoms with van der Waals surface area (Å²) in [6, 6.07) is 11.3. The van der Waals surface area contributed by atoms with E-state index in [0.717, 1.165) is 14.7 Å². The maximum absolute atomic E-state index is 12.5. The summed E-state index contributed by atoms with van der Waals surface area (Å²) >= 11 is 5.55. The minimum Gasteiger partial charge on any atom is -0.479 e. The van der Waals surface area contributed by atoms with Gasteiger partial charge >= 0.3 is 0 Å². The molecule has 0 aliphatic heterocycles. The zero-order valence-corrected chi connectivity index (χ0v) is 18.5. The number of amides is 1. The average molecular weight is 535 g/mol. The van der Waals surface area contributed by atoms with Gasteiger partial charge in [0, 0.05) is 5.69 Å². The Morgan fingerprint density at radius 3 is 2.70 bits per heavy atom. The van der Waals surface area contributed by atoms with E-state index in [0.29, 0.717) is 21.5 Å². The van der Waals surface area contributed by atoms with Crippen molar-refractivity contribution in [2.24, 2.45) is 0 Å². The molecule has 0 unspecified atom stereocenters. The molecule has 0 aliphatic carbocycles. The Kier molecular flexibility index (Phi) is 7.46. The van der Waals surface area contributed by atoms with Gasteiger partial charge in [0.2, 0.25) is 0 Å². The number of benzene rings is 2. The van der Waals surface area contributed by atoms with Gasteiger partial charge in [-0.2, -0.15) is 5.26 Å². The normalized spacial score (nSPS) is 10.7. The Bertz CT molecular complexity index is 977. The van der Waals surface area contributed by atoms with Crippen molar-refractivity contribution in [2.75, 3.05) is 11.9 Å². The summed E-state index contributed by atoms with van der Waals surface area (Å²) in [5, 5.41) is 12.2.